The molecule has 1 N–H and O–H groups in total. The number of fused-ring (bicyclic) bond motifs is 1. The lowest BCUT2D eigenvalue weighted by Gasteiger charge is -2.06. The Balaban J connectivity index is 1.35. The summed E-state index contributed by atoms with van der Waals surface area (Å²) in [7, 11) is 0. The van der Waals surface area contributed by atoms with Crippen molar-refractivity contribution < 1.29 is 9.53 Å². The monoisotopic (exact) mass is 361 g/mol. The van der Waals surface area contributed by atoms with Crippen molar-refractivity contribution in [2.24, 2.45) is 0 Å². The number of nitrogens with zero attached hydrogens (tertiary/aromatic N) is 2. The minimum Gasteiger partial charge on any atom is -0.494 e. The molecule has 5 nitrogen and oxygen atoms in total. The van der Waals surface area contributed by atoms with E-state index in [0.29, 0.717) is 18.8 Å². The first-order chi connectivity index (χ1) is 13.2. The average Bonchev–Trinajstić information content (AvgIpc) is 2.70. The Morgan fingerprint density at radius 3 is 2.67 bits per heavy atom. The second-order valence-corrected chi connectivity index (χ2v) is 6.28. The van der Waals surface area contributed by atoms with Crippen LogP contribution >= 0.6 is 0 Å². The van der Waals surface area contributed by atoms with Crippen molar-refractivity contribution in [3.8, 4) is 5.75 Å². The van der Waals surface area contributed by atoms with E-state index in [0.717, 1.165) is 29.6 Å². The first kappa shape index (κ1) is 18.6. The Labute approximate surface area is 159 Å². The number of para-hydroxylation sites is 2. The van der Waals surface area contributed by atoms with Gasteiger partial charge in [-0.05, 0) is 50.1 Å². The molecule has 3 aromatic rings. The van der Waals surface area contributed by atoms with Crippen LogP contribution in [-0.2, 0) is 4.79 Å². The number of aryl methyl sites for hydroxylation is 1. The lowest BCUT2D eigenvalue weighted by Crippen LogP contribution is -2.22. The van der Waals surface area contributed by atoms with Gasteiger partial charge >= 0.3 is 0 Å². The number of aromatic nitrogens is 2. The van der Waals surface area contributed by atoms with Crippen molar-refractivity contribution in [1.29, 1.82) is 0 Å². The molecule has 0 unspecified atom stereocenters. The van der Waals surface area contributed by atoms with E-state index in [2.05, 4.69) is 15.3 Å². The van der Waals surface area contributed by atoms with Crippen molar-refractivity contribution in [3.63, 3.8) is 0 Å². The quantitative estimate of drug-likeness (QED) is 0.488. The molecule has 2 aromatic carbocycles. The van der Waals surface area contributed by atoms with Crippen LogP contribution < -0.4 is 10.1 Å². The lowest BCUT2D eigenvalue weighted by atomic mass is 10.2. The molecule has 27 heavy (non-hydrogen) atoms. The lowest BCUT2D eigenvalue weighted by molar-refractivity contribution is -0.116. The van der Waals surface area contributed by atoms with Crippen molar-refractivity contribution in [2.45, 2.75) is 19.8 Å². The highest BCUT2D eigenvalue weighted by atomic mass is 16.5. The SMILES string of the molecule is Cc1ccc(OCCCCNC(=O)C=Cc2cnc3ccccc3n2)cc1. The summed E-state index contributed by atoms with van der Waals surface area (Å²) in [5.74, 6) is 0.744. The summed E-state index contributed by atoms with van der Waals surface area (Å²) in [6.45, 7) is 3.30. The summed E-state index contributed by atoms with van der Waals surface area (Å²) >= 11 is 0. The zero-order valence-electron chi connectivity index (χ0n) is 15.4. The van der Waals surface area contributed by atoms with Gasteiger partial charge in [0.15, 0.2) is 0 Å². The number of hydrogen-bond donors (Lipinski definition) is 1. The maximum atomic E-state index is 11.9. The number of carbonyl (C=O) groups excluding carboxylic acids is 1. The second kappa shape index (κ2) is 9.48. The Kier molecular flexibility index (Phi) is 6.52. The van der Waals surface area contributed by atoms with Crippen molar-refractivity contribution in [3.05, 3.63) is 72.1 Å². The fraction of sp³-hybridized carbons (Fsp3) is 0.227. The van der Waals surface area contributed by atoms with Crippen LogP contribution in [-0.4, -0.2) is 29.0 Å². The van der Waals surface area contributed by atoms with Gasteiger partial charge in [-0.2, -0.15) is 0 Å². The first-order valence-corrected chi connectivity index (χ1v) is 9.08. The van der Waals surface area contributed by atoms with Gasteiger partial charge in [0.2, 0.25) is 5.91 Å². The topological polar surface area (TPSA) is 64.1 Å². The summed E-state index contributed by atoms with van der Waals surface area (Å²) in [5, 5.41) is 2.87. The van der Waals surface area contributed by atoms with E-state index >= 15 is 0 Å². The minimum atomic E-state index is -0.135. The van der Waals surface area contributed by atoms with Crippen molar-refractivity contribution in [2.75, 3.05) is 13.2 Å². The molecule has 3 rings (SSSR count). The van der Waals surface area contributed by atoms with Crippen molar-refractivity contribution in [1.82, 2.24) is 15.3 Å². The molecule has 0 spiro atoms. The van der Waals surface area contributed by atoms with Gasteiger partial charge in [-0.1, -0.05) is 29.8 Å². The number of nitrogens with one attached hydrogen (secondary N) is 1. The van der Waals surface area contributed by atoms with Gasteiger partial charge in [-0.3, -0.25) is 9.78 Å². The molecule has 0 bridgehead atoms. The zero-order chi connectivity index (χ0) is 18.9. The van der Waals surface area contributed by atoms with E-state index in [1.54, 1.807) is 12.3 Å². The predicted molar refractivity (Wildman–Crippen MR) is 107 cm³/mol. The van der Waals surface area contributed by atoms with Crippen LogP contribution in [0.2, 0.25) is 0 Å². The maximum absolute atomic E-state index is 11.9. The van der Waals surface area contributed by atoms with Crippen LogP contribution in [0.3, 0.4) is 0 Å². The molecule has 138 valence electrons. The molecule has 0 fully saturated rings. The predicted octanol–water partition coefficient (Wildman–Crippen LogP) is 3.93. The largest absolute Gasteiger partial charge is 0.494 e. The maximum Gasteiger partial charge on any atom is 0.244 e. The number of rotatable bonds is 8. The van der Waals surface area contributed by atoms with Crippen LogP contribution in [0.5, 0.6) is 5.75 Å². The number of carbonyl (C=O) groups is 1. The third-order valence-electron chi connectivity index (χ3n) is 4.03. The van der Waals surface area contributed by atoms with E-state index < -0.39 is 0 Å². The number of unbranched alkanes of at least 4 members (excludes halogenated alkanes) is 1. The third-order valence-corrected chi connectivity index (χ3v) is 4.03. The normalized spacial score (nSPS) is 11.0. The standard InChI is InChI=1S/C22H23N3O2/c1-17-8-11-19(12-9-17)27-15-5-4-14-23-22(26)13-10-18-16-24-20-6-2-3-7-21(20)25-18/h2-3,6-13,16H,4-5,14-15H2,1H3,(H,23,26). The van der Waals surface area contributed by atoms with Gasteiger partial charge in [0, 0.05) is 12.6 Å². The minimum absolute atomic E-state index is 0.135. The van der Waals surface area contributed by atoms with Crippen LogP contribution in [0.15, 0.2) is 60.8 Å². The van der Waals surface area contributed by atoms with E-state index in [1.807, 2.05) is 55.5 Å². The Morgan fingerprint density at radius 2 is 1.85 bits per heavy atom. The summed E-state index contributed by atoms with van der Waals surface area (Å²) < 4.78 is 5.67. The molecule has 0 radical (unpaired) electrons. The summed E-state index contributed by atoms with van der Waals surface area (Å²) in [6, 6.07) is 15.6. The van der Waals surface area contributed by atoms with Gasteiger partial charge in [-0.25, -0.2) is 4.98 Å². The zero-order valence-corrected chi connectivity index (χ0v) is 15.4. The molecule has 1 amide bonds. The van der Waals surface area contributed by atoms with Crippen molar-refractivity contribution >= 4 is 23.0 Å². The number of hydrogen-bond acceptors (Lipinski definition) is 4. The smallest absolute Gasteiger partial charge is 0.244 e. The highest BCUT2D eigenvalue weighted by Gasteiger charge is 1.99. The molecular weight excluding hydrogens is 338 g/mol. The van der Waals surface area contributed by atoms with Gasteiger partial charge in [0.25, 0.3) is 0 Å². The molecule has 0 aliphatic rings. The van der Waals surface area contributed by atoms with Crippen LogP contribution in [0.25, 0.3) is 17.1 Å². The molecule has 0 saturated carbocycles. The fourth-order valence-corrected chi connectivity index (χ4v) is 2.53. The van der Waals surface area contributed by atoms with Crippen LogP contribution in [0, 0.1) is 6.92 Å². The molecule has 0 aliphatic carbocycles. The first-order valence-electron chi connectivity index (χ1n) is 9.08. The van der Waals surface area contributed by atoms with Gasteiger partial charge in [0.1, 0.15) is 5.75 Å². The molecule has 0 saturated heterocycles. The Morgan fingerprint density at radius 1 is 1.07 bits per heavy atom. The molecule has 1 aromatic heterocycles. The van der Waals surface area contributed by atoms with E-state index in [4.69, 9.17) is 4.74 Å². The summed E-state index contributed by atoms with van der Waals surface area (Å²) in [6.07, 6.45) is 6.57. The second-order valence-electron chi connectivity index (χ2n) is 6.28. The summed E-state index contributed by atoms with van der Waals surface area (Å²) in [4.78, 5) is 20.7. The third kappa shape index (κ3) is 5.92. The van der Waals surface area contributed by atoms with Crippen LogP contribution in [0.4, 0.5) is 0 Å². The van der Waals surface area contributed by atoms with Crippen LogP contribution in [0.1, 0.15) is 24.1 Å². The fourth-order valence-electron chi connectivity index (χ4n) is 2.53. The number of amides is 1. The highest BCUT2D eigenvalue weighted by molar-refractivity contribution is 5.91. The highest BCUT2D eigenvalue weighted by Crippen LogP contribution is 2.12. The molecule has 5 heteroatoms. The van der Waals surface area contributed by atoms with E-state index in [9.17, 15) is 4.79 Å². The summed E-state index contributed by atoms with van der Waals surface area (Å²) in [5.41, 5.74) is 3.53. The van der Waals surface area contributed by atoms with Gasteiger partial charge in [-0.15, -0.1) is 0 Å². The van der Waals surface area contributed by atoms with Gasteiger partial charge < -0.3 is 10.1 Å². The molecule has 1 heterocycles. The van der Waals surface area contributed by atoms with E-state index in [1.165, 1.54) is 11.6 Å². The average molecular weight is 361 g/mol. The van der Waals surface area contributed by atoms with Gasteiger partial charge in [0.05, 0.1) is 29.5 Å². The Bertz CT molecular complexity index is 920. The molecular formula is C22H23N3O2. The molecule has 0 aliphatic heterocycles. The number of ether oxygens (including phenoxy) is 1. The number of benzene rings is 2. The molecule has 0 atom stereocenters. The Hall–Kier alpha value is -3.21. The van der Waals surface area contributed by atoms with E-state index in [-0.39, 0.29) is 5.91 Å².